The summed E-state index contributed by atoms with van der Waals surface area (Å²) in [4.78, 5) is 16.6. The van der Waals surface area contributed by atoms with Gasteiger partial charge in [0.1, 0.15) is 0 Å². The summed E-state index contributed by atoms with van der Waals surface area (Å²) in [6.07, 6.45) is 4.43. The van der Waals surface area contributed by atoms with Crippen LogP contribution in [0.15, 0.2) is 24.3 Å². The molecule has 142 valence electrons. The molecule has 0 radical (unpaired) electrons. The van der Waals surface area contributed by atoms with Crippen LogP contribution in [0.2, 0.25) is 0 Å². The van der Waals surface area contributed by atoms with Gasteiger partial charge in [0.25, 0.3) is 0 Å². The van der Waals surface area contributed by atoms with Gasteiger partial charge in [-0.15, -0.1) is 0 Å². The molecule has 1 spiro atoms. The molecule has 3 fully saturated rings. The lowest BCUT2D eigenvalue weighted by Gasteiger charge is -2.50. The number of likely N-dealkylation sites (tertiary alicyclic amines) is 2. The Morgan fingerprint density at radius 1 is 1.27 bits per heavy atom. The highest BCUT2D eigenvalue weighted by Crippen LogP contribution is 2.42. The number of amides is 2. The predicted molar refractivity (Wildman–Crippen MR) is 102 cm³/mol. The molecule has 1 N–H and O–H groups in total. The van der Waals surface area contributed by atoms with E-state index in [1.54, 1.807) is 0 Å². The number of nitrogens with zero attached hydrogens (tertiary/aromatic N) is 2. The Hall–Kier alpha value is -1.59. The fourth-order valence-electron chi connectivity index (χ4n) is 4.78. The van der Waals surface area contributed by atoms with Gasteiger partial charge >= 0.3 is 6.03 Å². The summed E-state index contributed by atoms with van der Waals surface area (Å²) in [5.41, 5.74) is 2.80. The van der Waals surface area contributed by atoms with Crippen LogP contribution in [0.5, 0.6) is 0 Å². The Bertz CT molecular complexity index is 636. The van der Waals surface area contributed by atoms with Crippen LogP contribution in [0.1, 0.15) is 36.8 Å². The van der Waals surface area contributed by atoms with Crippen LogP contribution < -0.4 is 5.32 Å². The molecule has 3 saturated heterocycles. The number of nitrogens with one attached hydrogen (secondary N) is 1. The van der Waals surface area contributed by atoms with E-state index in [0.717, 1.165) is 71.6 Å². The van der Waals surface area contributed by atoms with Crippen LogP contribution >= 0.6 is 0 Å². The molecule has 4 rings (SSSR count). The monoisotopic (exact) mass is 357 g/mol. The van der Waals surface area contributed by atoms with Crippen LogP contribution in [-0.2, 0) is 11.3 Å². The SMILES string of the molecule is Cc1ccccc1CN1CC2(C1)OCC[C@H]2CCNC(=O)N1CCCC1. The summed E-state index contributed by atoms with van der Waals surface area (Å²) in [5, 5.41) is 3.11. The molecular weight excluding hydrogens is 326 g/mol. The van der Waals surface area contributed by atoms with Crippen molar-refractivity contribution in [3.05, 3.63) is 35.4 Å². The molecule has 3 heterocycles. The summed E-state index contributed by atoms with van der Waals surface area (Å²) >= 11 is 0. The zero-order valence-corrected chi connectivity index (χ0v) is 15.9. The standard InChI is InChI=1S/C21H31N3O2/c1-17-6-2-3-7-18(17)14-23-15-21(16-23)19(9-13-26-21)8-10-22-20(25)24-11-4-5-12-24/h2-3,6-7,19H,4-5,8-16H2,1H3,(H,22,25)/t19-/m1/s1. The average molecular weight is 357 g/mol. The minimum atomic E-state index is 0.0288. The highest BCUT2D eigenvalue weighted by atomic mass is 16.5. The van der Waals surface area contributed by atoms with E-state index in [-0.39, 0.29) is 11.6 Å². The van der Waals surface area contributed by atoms with Crippen LogP contribution in [0.3, 0.4) is 0 Å². The number of carbonyl (C=O) groups is 1. The fourth-order valence-corrected chi connectivity index (χ4v) is 4.78. The van der Waals surface area contributed by atoms with Crippen molar-refractivity contribution in [2.24, 2.45) is 5.92 Å². The van der Waals surface area contributed by atoms with E-state index in [1.807, 2.05) is 4.90 Å². The minimum absolute atomic E-state index is 0.0288. The van der Waals surface area contributed by atoms with E-state index < -0.39 is 0 Å². The van der Waals surface area contributed by atoms with Gasteiger partial charge in [0.2, 0.25) is 0 Å². The molecular formula is C21H31N3O2. The van der Waals surface area contributed by atoms with Gasteiger partial charge in [0.15, 0.2) is 0 Å². The molecule has 5 heteroatoms. The van der Waals surface area contributed by atoms with Gasteiger partial charge in [0.05, 0.1) is 5.60 Å². The second kappa shape index (κ2) is 7.57. The first kappa shape index (κ1) is 17.8. The van der Waals surface area contributed by atoms with E-state index in [2.05, 4.69) is 41.4 Å². The molecule has 5 nitrogen and oxygen atoms in total. The molecule has 1 atom stereocenters. The van der Waals surface area contributed by atoms with Gasteiger partial charge in [-0.05, 0) is 49.7 Å². The molecule has 0 aliphatic carbocycles. The second-order valence-electron chi connectivity index (χ2n) is 8.19. The molecule has 0 unspecified atom stereocenters. The Labute approximate surface area is 156 Å². The van der Waals surface area contributed by atoms with Crippen LogP contribution in [-0.4, -0.2) is 60.8 Å². The Morgan fingerprint density at radius 2 is 2.04 bits per heavy atom. The predicted octanol–water partition coefficient (Wildman–Crippen LogP) is 2.78. The van der Waals surface area contributed by atoms with E-state index in [0.29, 0.717) is 5.92 Å². The first-order valence-corrected chi connectivity index (χ1v) is 10.1. The third-order valence-corrected chi connectivity index (χ3v) is 6.40. The molecule has 3 aliphatic heterocycles. The zero-order valence-electron chi connectivity index (χ0n) is 15.9. The van der Waals surface area contributed by atoms with E-state index in [9.17, 15) is 4.79 Å². The van der Waals surface area contributed by atoms with Gasteiger partial charge in [-0.1, -0.05) is 24.3 Å². The normalized spacial score (nSPS) is 24.8. The first-order valence-electron chi connectivity index (χ1n) is 10.1. The van der Waals surface area contributed by atoms with Gasteiger partial charge in [-0.2, -0.15) is 0 Å². The Balaban J connectivity index is 1.24. The van der Waals surface area contributed by atoms with Crippen LogP contribution in [0.25, 0.3) is 0 Å². The number of hydrogen-bond donors (Lipinski definition) is 1. The lowest BCUT2D eigenvalue weighted by atomic mass is 9.78. The molecule has 2 amide bonds. The smallest absolute Gasteiger partial charge is 0.317 e. The third kappa shape index (κ3) is 3.60. The Kier molecular flexibility index (Phi) is 5.18. The Morgan fingerprint density at radius 3 is 2.81 bits per heavy atom. The fraction of sp³-hybridized carbons (Fsp3) is 0.667. The maximum Gasteiger partial charge on any atom is 0.317 e. The summed E-state index contributed by atoms with van der Waals surface area (Å²) in [7, 11) is 0. The van der Waals surface area contributed by atoms with Crippen molar-refractivity contribution >= 4 is 6.03 Å². The van der Waals surface area contributed by atoms with Crippen molar-refractivity contribution in [2.75, 3.05) is 39.3 Å². The van der Waals surface area contributed by atoms with Crippen molar-refractivity contribution < 1.29 is 9.53 Å². The summed E-state index contributed by atoms with van der Waals surface area (Å²) in [6, 6.07) is 8.74. The van der Waals surface area contributed by atoms with E-state index in [4.69, 9.17) is 4.74 Å². The number of ether oxygens (including phenoxy) is 1. The second-order valence-corrected chi connectivity index (χ2v) is 8.19. The van der Waals surface area contributed by atoms with Crippen molar-refractivity contribution in [1.82, 2.24) is 15.1 Å². The van der Waals surface area contributed by atoms with Crippen molar-refractivity contribution in [1.29, 1.82) is 0 Å². The van der Waals surface area contributed by atoms with E-state index in [1.165, 1.54) is 11.1 Å². The number of hydrogen-bond acceptors (Lipinski definition) is 3. The number of urea groups is 1. The number of aryl methyl sites for hydroxylation is 1. The third-order valence-electron chi connectivity index (χ3n) is 6.40. The summed E-state index contributed by atoms with van der Waals surface area (Å²) in [6.45, 7) is 8.69. The number of carbonyl (C=O) groups excluding carboxylic acids is 1. The van der Waals surface area contributed by atoms with Crippen molar-refractivity contribution in [3.8, 4) is 0 Å². The van der Waals surface area contributed by atoms with Crippen molar-refractivity contribution in [3.63, 3.8) is 0 Å². The van der Waals surface area contributed by atoms with Gasteiger partial charge in [-0.25, -0.2) is 4.79 Å². The van der Waals surface area contributed by atoms with Crippen LogP contribution in [0.4, 0.5) is 4.79 Å². The van der Waals surface area contributed by atoms with Crippen molar-refractivity contribution in [2.45, 2.75) is 44.8 Å². The highest BCUT2D eigenvalue weighted by Gasteiger charge is 2.52. The van der Waals surface area contributed by atoms with Gasteiger partial charge in [0, 0.05) is 45.9 Å². The number of rotatable bonds is 5. The maximum absolute atomic E-state index is 12.1. The number of benzene rings is 1. The summed E-state index contributed by atoms with van der Waals surface area (Å²) in [5.74, 6) is 0.564. The lowest BCUT2D eigenvalue weighted by molar-refractivity contribution is -0.136. The largest absolute Gasteiger partial charge is 0.372 e. The molecule has 26 heavy (non-hydrogen) atoms. The average Bonchev–Trinajstić information content (AvgIpc) is 3.26. The van der Waals surface area contributed by atoms with Gasteiger partial charge in [-0.3, -0.25) is 4.90 Å². The topological polar surface area (TPSA) is 44.8 Å². The molecule has 0 bridgehead atoms. The molecule has 0 aromatic heterocycles. The maximum atomic E-state index is 12.1. The molecule has 1 aromatic rings. The zero-order chi connectivity index (χ0) is 18.0. The molecule has 1 aromatic carbocycles. The quantitative estimate of drug-likeness (QED) is 0.881. The van der Waals surface area contributed by atoms with Crippen LogP contribution in [0, 0.1) is 12.8 Å². The van der Waals surface area contributed by atoms with Gasteiger partial charge < -0.3 is 15.0 Å². The highest BCUT2D eigenvalue weighted by molar-refractivity contribution is 5.74. The summed E-state index contributed by atoms with van der Waals surface area (Å²) < 4.78 is 6.18. The van der Waals surface area contributed by atoms with E-state index >= 15 is 0 Å². The molecule has 3 aliphatic rings. The lowest BCUT2D eigenvalue weighted by Crippen LogP contribution is -2.64. The minimum Gasteiger partial charge on any atom is -0.372 e. The first-order chi connectivity index (χ1) is 12.7. The molecule has 0 saturated carbocycles.